The van der Waals surface area contributed by atoms with Crippen LogP contribution in [-0.2, 0) is 11.5 Å². The van der Waals surface area contributed by atoms with Crippen LogP contribution in [0.3, 0.4) is 0 Å². The van der Waals surface area contributed by atoms with Gasteiger partial charge in [-0.1, -0.05) is 71.4 Å². The summed E-state index contributed by atoms with van der Waals surface area (Å²) >= 11 is 15.7. The fourth-order valence-corrected chi connectivity index (χ4v) is 4.56. The van der Waals surface area contributed by atoms with Crippen LogP contribution >= 0.6 is 46.7 Å². The molecule has 0 aliphatic rings. The molecule has 0 spiro atoms. The minimum absolute atomic E-state index is 0.747. The van der Waals surface area contributed by atoms with Gasteiger partial charge in [0, 0.05) is 27.7 Å². The van der Waals surface area contributed by atoms with Crippen molar-refractivity contribution in [1.29, 1.82) is 0 Å². The van der Waals surface area contributed by atoms with Crippen molar-refractivity contribution in [3.63, 3.8) is 0 Å². The van der Waals surface area contributed by atoms with Crippen molar-refractivity contribution in [2.45, 2.75) is 28.6 Å². The molecule has 0 amide bonds. The molecule has 128 valence electrons. The van der Waals surface area contributed by atoms with Crippen LogP contribution in [0.1, 0.15) is 16.7 Å². The van der Waals surface area contributed by atoms with E-state index in [1.165, 1.54) is 0 Å². The largest absolute Gasteiger partial charge is 0.231 e. The van der Waals surface area contributed by atoms with E-state index in [0.717, 1.165) is 48.4 Å². The summed E-state index contributed by atoms with van der Waals surface area (Å²) in [4.78, 5) is 9.12. The van der Waals surface area contributed by atoms with Crippen LogP contribution in [0.4, 0.5) is 0 Å². The Labute approximate surface area is 166 Å². The molecule has 2 nitrogen and oxygen atoms in total. The lowest BCUT2D eigenvalue weighted by atomic mass is 10.2. The van der Waals surface area contributed by atoms with Crippen LogP contribution in [0.5, 0.6) is 0 Å². The fraction of sp³-hybridized carbons (Fsp3) is 0.158. The maximum Gasteiger partial charge on any atom is 0.188 e. The molecule has 0 saturated heterocycles. The highest BCUT2D eigenvalue weighted by molar-refractivity contribution is 7.99. The molecule has 3 rings (SSSR count). The summed E-state index contributed by atoms with van der Waals surface area (Å²) in [5, 5.41) is 3.30. The lowest BCUT2D eigenvalue weighted by molar-refractivity contribution is 0.868. The summed E-state index contributed by atoms with van der Waals surface area (Å²) in [6.07, 6.45) is 1.87. The lowest BCUT2D eigenvalue weighted by Crippen LogP contribution is -1.94. The van der Waals surface area contributed by atoms with E-state index < -0.39 is 0 Å². The van der Waals surface area contributed by atoms with E-state index in [0.29, 0.717) is 0 Å². The van der Waals surface area contributed by atoms with Gasteiger partial charge in [-0.2, -0.15) is 0 Å². The number of benzene rings is 2. The van der Waals surface area contributed by atoms with Gasteiger partial charge in [-0.15, -0.1) is 11.8 Å². The molecule has 6 heteroatoms. The molecule has 3 aromatic rings. The van der Waals surface area contributed by atoms with Crippen molar-refractivity contribution in [2.75, 3.05) is 0 Å². The fourth-order valence-electron chi connectivity index (χ4n) is 2.15. The maximum absolute atomic E-state index is 6.23. The molecule has 0 atom stereocenters. The van der Waals surface area contributed by atoms with Crippen LogP contribution in [-0.4, -0.2) is 9.97 Å². The zero-order chi connectivity index (χ0) is 17.6. The first-order chi connectivity index (χ1) is 12.1. The first-order valence-electron chi connectivity index (χ1n) is 7.69. The summed E-state index contributed by atoms with van der Waals surface area (Å²) in [6, 6.07) is 15.7. The topological polar surface area (TPSA) is 25.8 Å². The van der Waals surface area contributed by atoms with Gasteiger partial charge in [0.2, 0.25) is 0 Å². The van der Waals surface area contributed by atoms with Crippen molar-refractivity contribution in [3.8, 4) is 0 Å². The molecule has 0 aliphatic heterocycles. The Kier molecular flexibility index (Phi) is 6.65. The van der Waals surface area contributed by atoms with E-state index in [4.69, 9.17) is 28.2 Å². The van der Waals surface area contributed by atoms with E-state index in [-0.39, 0.29) is 0 Å². The minimum atomic E-state index is 0.747. The van der Waals surface area contributed by atoms with Gasteiger partial charge in [-0.05, 0) is 35.7 Å². The molecule has 0 fully saturated rings. The molecule has 2 aromatic carbocycles. The van der Waals surface area contributed by atoms with Gasteiger partial charge in [0.05, 0.1) is 0 Å². The smallest absolute Gasteiger partial charge is 0.188 e. The average molecular weight is 407 g/mol. The van der Waals surface area contributed by atoms with Gasteiger partial charge in [0.25, 0.3) is 0 Å². The predicted molar refractivity (Wildman–Crippen MR) is 109 cm³/mol. The second-order valence-corrected chi connectivity index (χ2v) is 8.12. The van der Waals surface area contributed by atoms with E-state index >= 15 is 0 Å². The molecule has 1 aromatic heterocycles. The highest BCUT2D eigenvalue weighted by atomic mass is 35.5. The summed E-state index contributed by atoms with van der Waals surface area (Å²) in [5.74, 6) is 1.53. The van der Waals surface area contributed by atoms with Crippen LogP contribution in [0.25, 0.3) is 0 Å². The van der Waals surface area contributed by atoms with Gasteiger partial charge in [-0.25, -0.2) is 9.97 Å². The van der Waals surface area contributed by atoms with Crippen molar-refractivity contribution in [2.24, 2.45) is 0 Å². The molecule has 0 radical (unpaired) electrons. The third kappa shape index (κ3) is 5.14. The van der Waals surface area contributed by atoms with Crippen LogP contribution in [0, 0.1) is 6.92 Å². The van der Waals surface area contributed by atoms with Crippen LogP contribution in [0.2, 0.25) is 10.0 Å². The Morgan fingerprint density at radius 3 is 2.00 bits per heavy atom. The van der Waals surface area contributed by atoms with Gasteiger partial charge in [0.1, 0.15) is 5.03 Å². The Morgan fingerprint density at radius 2 is 1.40 bits per heavy atom. The molecular weight excluding hydrogens is 391 g/mol. The molecule has 0 unspecified atom stereocenters. The standard InChI is InChI=1S/C19H16Cl2N2S2/c1-13-10-22-19(25-12-15-7-3-5-9-17(15)21)23-18(13)24-11-14-6-2-4-8-16(14)20/h2-10H,11-12H2,1H3. The van der Waals surface area contributed by atoms with Gasteiger partial charge in [-0.3, -0.25) is 0 Å². The van der Waals surface area contributed by atoms with Crippen molar-refractivity contribution >= 4 is 46.7 Å². The minimum Gasteiger partial charge on any atom is -0.231 e. The number of thioether (sulfide) groups is 2. The van der Waals surface area contributed by atoms with Gasteiger partial charge < -0.3 is 0 Å². The Balaban J connectivity index is 1.68. The number of rotatable bonds is 6. The average Bonchev–Trinajstić information content (AvgIpc) is 2.62. The number of halogens is 2. The highest BCUT2D eigenvalue weighted by Crippen LogP contribution is 2.30. The quantitative estimate of drug-likeness (QED) is 0.259. The molecule has 0 aliphatic carbocycles. The molecular formula is C19H16Cl2N2S2. The predicted octanol–water partition coefficient (Wildman–Crippen LogP) is 6.68. The lowest BCUT2D eigenvalue weighted by Gasteiger charge is -2.08. The van der Waals surface area contributed by atoms with Crippen molar-refractivity contribution in [1.82, 2.24) is 9.97 Å². The third-order valence-electron chi connectivity index (χ3n) is 3.54. The second kappa shape index (κ2) is 8.95. The van der Waals surface area contributed by atoms with E-state index in [9.17, 15) is 0 Å². The van der Waals surface area contributed by atoms with Gasteiger partial charge >= 0.3 is 0 Å². The van der Waals surface area contributed by atoms with Crippen LogP contribution in [0.15, 0.2) is 64.9 Å². The normalized spacial score (nSPS) is 10.8. The van der Waals surface area contributed by atoms with Gasteiger partial charge in [0.15, 0.2) is 5.16 Å². The molecule has 0 saturated carbocycles. The van der Waals surface area contributed by atoms with E-state index in [1.807, 2.05) is 61.7 Å². The van der Waals surface area contributed by atoms with E-state index in [1.54, 1.807) is 23.5 Å². The van der Waals surface area contributed by atoms with E-state index in [2.05, 4.69) is 4.98 Å². The van der Waals surface area contributed by atoms with Crippen molar-refractivity contribution in [3.05, 3.63) is 81.5 Å². The maximum atomic E-state index is 6.23. The summed E-state index contributed by atoms with van der Waals surface area (Å²) in [6.45, 7) is 2.03. The number of aromatic nitrogens is 2. The zero-order valence-electron chi connectivity index (χ0n) is 13.6. The number of nitrogens with zero attached hydrogens (tertiary/aromatic N) is 2. The molecule has 0 bridgehead atoms. The SMILES string of the molecule is Cc1cnc(SCc2ccccc2Cl)nc1SCc1ccccc1Cl. The molecule has 25 heavy (non-hydrogen) atoms. The third-order valence-corrected chi connectivity index (χ3v) is 6.33. The monoisotopic (exact) mass is 406 g/mol. The second-order valence-electron chi connectivity index (χ2n) is 5.40. The summed E-state index contributed by atoms with van der Waals surface area (Å²) < 4.78 is 0. The van der Waals surface area contributed by atoms with Crippen LogP contribution < -0.4 is 0 Å². The number of hydrogen-bond donors (Lipinski definition) is 0. The first kappa shape index (κ1) is 18.6. The zero-order valence-corrected chi connectivity index (χ0v) is 16.7. The van der Waals surface area contributed by atoms with Crippen molar-refractivity contribution < 1.29 is 0 Å². The number of hydrogen-bond acceptors (Lipinski definition) is 4. The highest BCUT2D eigenvalue weighted by Gasteiger charge is 2.08. The Bertz CT molecular complexity index is 872. The Hall–Kier alpha value is -1.20. The summed E-state index contributed by atoms with van der Waals surface area (Å²) in [5.41, 5.74) is 3.26. The molecule has 1 heterocycles. The number of aryl methyl sites for hydroxylation is 1. The summed E-state index contributed by atoms with van der Waals surface area (Å²) in [7, 11) is 0. The molecule has 0 N–H and O–H groups in total. The first-order valence-corrected chi connectivity index (χ1v) is 10.4. The Morgan fingerprint density at radius 1 is 0.840 bits per heavy atom.